The summed E-state index contributed by atoms with van der Waals surface area (Å²) < 4.78 is 0. The van der Waals surface area contributed by atoms with E-state index in [1.807, 2.05) is 0 Å². The Morgan fingerprint density at radius 1 is 1.50 bits per heavy atom. The summed E-state index contributed by atoms with van der Waals surface area (Å²) in [5.74, 6) is 0.555. The van der Waals surface area contributed by atoms with Gasteiger partial charge in [0.05, 0.1) is 0 Å². The third kappa shape index (κ3) is 2.68. The maximum Gasteiger partial charge on any atom is 0.271 e. The minimum Gasteiger partial charge on any atom is -0.351 e. The molecule has 2 rings (SSSR count). The van der Waals surface area contributed by atoms with Gasteiger partial charge in [0.2, 0.25) is 0 Å². The summed E-state index contributed by atoms with van der Waals surface area (Å²) in [7, 11) is 0. The van der Waals surface area contributed by atoms with E-state index < -0.39 is 0 Å². The number of carbonyl (C=O) groups is 1. The van der Waals surface area contributed by atoms with E-state index in [9.17, 15) is 9.59 Å². The molecule has 0 spiro atoms. The average molecular weight is 221 g/mol. The van der Waals surface area contributed by atoms with Gasteiger partial charge in [-0.05, 0) is 18.4 Å². The highest BCUT2D eigenvalue weighted by molar-refractivity contribution is 5.91. The summed E-state index contributed by atoms with van der Waals surface area (Å²) >= 11 is 0. The largest absolute Gasteiger partial charge is 0.351 e. The molecular weight excluding hydrogens is 206 g/mol. The van der Waals surface area contributed by atoms with Crippen molar-refractivity contribution < 1.29 is 4.79 Å². The molecule has 0 saturated heterocycles. The molecule has 1 heterocycles. The molecule has 1 amide bonds. The Kier molecular flexibility index (Phi) is 3.34. The van der Waals surface area contributed by atoms with E-state index in [-0.39, 0.29) is 17.2 Å². The Hall–Kier alpha value is -1.65. The molecule has 0 aromatic carbocycles. The highest BCUT2D eigenvalue weighted by atomic mass is 16.2. The second kappa shape index (κ2) is 4.92. The number of hydrogen-bond donors (Lipinski definition) is 2. The maximum absolute atomic E-state index is 11.5. The van der Waals surface area contributed by atoms with Crippen LogP contribution in [0, 0.1) is 5.92 Å². The first kappa shape index (κ1) is 10.9. The van der Waals surface area contributed by atoms with Crippen LogP contribution in [-0.2, 0) is 0 Å². The summed E-state index contributed by atoms with van der Waals surface area (Å²) in [5, 5.41) is 8.69. The second-order valence-corrected chi connectivity index (χ2v) is 4.15. The second-order valence-electron chi connectivity index (χ2n) is 4.15. The number of hydrogen-bond acceptors (Lipinski definition) is 3. The lowest BCUT2D eigenvalue weighted by Gasteiger charge is -2.24. The van der Waals surface area contributed by atoms with E-state index in [4.69, 9.17) is 0 Å². The minimum absolute atomic E-state index is 0.226. The lowest BCUT2D eigenvalue weighted by Crippen LogP contribution is -2.28. The zero-order valence-electron chi connectivity index (χ0n) is 9.03. The van der Waals surface area contributed by atoms with Crippen molar-refractivity contribution >= 4 is 5.91 Å². The van der Waals surface area contributed by atoms with Crippen molar-refractivity contribution in [3.05, 3.63) is 28.2 Å². The highest BCUT2D eigenvalue weighted by Gasteiger charge is 2.17. The number of amides is 1. The molecule has 16 heavy (non-hydrogen) atoms. The van der Waals surface area contributed by atoms with Gasteiger partial charge in [0, 0.05) is 12.6 Å². The minimum atomic E-state index is -0.300. The Balaban J connectivity index is 1.78. The van der Waals surface area contributed by atoms with E-state index in [1.54, 1.807) is 0 Å². The first-order valence-electron chi connectivity index (χ1n) is 5.59. The number of nitrogens with one attached hydrogen (secondary N) is 2. The van der Waals surface area contributed by atoms with Gasteiger partial charge in [0.15, 0.2) is 0 Å². The van der Waals surface area contributed by atoms with Crippen molar-refractivity contribution in [2.75, 3.05) is 6.54 Å². The molecule has 0 unspecified atom stereocenters. The molecular formula is C11H15N3O2. The van der Waals surface area contributed by atoms with Crippen LogP contribution < -0.4 is 10.9 Å². The van der Waals surface area contributed by atoms with Crippen LogP contribution in [-0.4, -0.2) is 22.6 Å². The third-order valence-electron chi connectivity index (χ3n) is 2.97. The number of carbonyl (C=O) groups excluding carboxylic acids is 1. The molecule has 1 aromatic rings. The van der Waals surface area contributed by atoms with Crippen LogP contribution >= 0.6 is 0 Å². The molecule has 1 aliphatic rings. The Morgan fingerprint density at radius 2 is 2.31 bits per heavy atom. The number of aromatic nitrogens is 2. The number of nitrogens with zero attached hydrogens (tertiary/aromatic N) is 1. The van der Waals surface area contributed by atoms with Crippen molar-refractivity contribution in [3.8, 4) is 0 Å². The van der Waals surface area contributed by atoms with Gasteiger partial charge in [-0.3, -0.25) is 9.59 Å². The summed E-state index contributed by atoms with van der Waals surface area (Å²) in [4.78, 5) is 22.3. The summed E-state index contributed by atoms with van der Waals surface area (Å²) in [5.41, 5.74) is -0.0424. The summed E-state index contributed by atoms with van der Waals surface area (Å²) in [6.07, 6.45) is 4.93. The molecule has 0 atom stereocenters. The van der Waals surface area contributed by atoms with Crippen LogP contribution in [0.5, 0.6) is 0 Å². The van der Waals surface area contributed by atoms with Crippen molar-refractivity contribution in [2.24, 2.45) is 5.92 Å². The molecule has 1 fully saturated rings. The smallest absolute Gasteiger partial charge is 0.271 e. The van der Waals surface area contributed by atoms with Crippen LogP contribution in [0.1, 0.15) is 36.2 Å². The number of aromatic amines is 1. The van der Waals surface area contributed by atoms with Gasteiger partial charge >= 0.3 is 0 Å². The molecule has 0 radical (unpaired) electrons. The van der Waals surface area contributed by atoms with E-state index >= 15 is 0 Å². The van der Waals surface area contributed by atoms with Gasteiger partial charge < -0.3 is 5.32 Å². The lowest BCUT2D eigenvalue weighted by atomic mass is 9.83. The molecule has 1 aliphatic carbocycles. The van der Waals surface area contributed by atoms with Crippen LogP contribution in [0.4, 0.5) is 0 Å². The molecule has 0 aliphatic heterocycles. The van der Waals surface area contributed by atoms with Gasteiger partial charge in [0.25, 0.3) is 11.5 Å². The molecule has 5 nitrogen and oxygen atoms in total. The predicted molar refractivity (Wildman–Crippen MR) is 59.1 cm³/mol. The van der Waals surface area contributed by atoms with Crippen LogP contribution in [0.25, 0.3) is 0 Å². The number of rotatable bonds is 4. The van der Waals surface area contributed by atoms with Crippen molar-refractivity contribution in [2.45, 2.75) is 25.7 Å². The van der Waals surface area contributed by atoms with Crippen molar-refractivity contribution in [1.29, 1.82) is 0 Å². The van der Waals surface area contributed by atoms with Gasteiger partial charge in [-0.1, -0.05) is 19.3 Å². The standard InChI is InChI=1S/C11H15N3O2/c15-10-5-4-9(13-14-10)11(16)12-7-6-8-2-1-3-8/h4-5,8H,1-3,6-7H2,(H,12,16)(H,14,15). The van der Waals surface area contributed by atoms with E-state index in [2.05, 4.69) is 15.5 Å². The monoisotopic (exact) mass is 221 g/mol. The fourth-order valence-corrected chi connectivity index (χ4v) is 1.73. The maximum atomic E-state index is 11.5. The van der Waals surface area contributed by atoms with Gasteiger partial charge in [-0.15, -0.1) is 0 Å². The topological polar surface area (TPSA) is 74.8 Å². The van der Waals surface area contributed by atoms with E-state index in [0.717, 1.165) is 12.3 Å². The predicted octanol–water partition coefficient (Wildman–Crippen LogP) is 0.690. The van der Waals surface area contributed by atoms with Gasteiger partial charge in [-0.25, -0.2) is 5.10 Å². The number of H-pyrrole nitrogens is 1. The molecule has 1 aromatic heterocycles. The Bertz CT molecular complexity index is 403. The van der Waals surface area contributed by atoms with Crippen molar-refractivity contribution in [1.82, 2.24) is 15.5 Å². The van der Waals surface area contributed by atoms with Gasteiger partial charge in [0.1, 0.15) is 5.69 Å². The molecule has 5 heteroatoms. The highest BCUT2D eigenvalue weighted by Crippen LogP contribution is 2.28. The Labute approximate surface area is 93.3 Å². The third-order valence-corrected chi connectivity index (χ3v) is 2.97. The fraction of sp³-hybridized carbons (Fsp3) is 0.545. The van der Waals surface area contributed by atoms with Crippen LogP contribution in [0.2, 0.25) is 0 Å². The molecule has 86 valence electrons. The molecule has 0 bridgehead atoms. The first-order chi connectivity index (χ1) is 7.75. The van der Waals surface area contributed by atoms with Crippen molar-refractivity contribution in [3.63, 3.8) is 0 Å². The zero-order valence-corrected chi connectivity index (χ0v) is 9.03. The zero-order chi connectivity index (χ0) is 11.4. The average Bonchev–Trinajstić information content (AvgIpc) is 2.22. The normalized spacial score (nSPS) is 15.5. The Morgan fingerprint density at radius 3 is 2.88 bits per heavy atom. The van der Waals surface area contributed by atoms with E-state index in [1.165, 1.54) is 31.4 Å². The lowest BCUT2D eigenvalue weighted by molar-refractivity contribution is 0.0943. The van der Waals surface area contributed by atoms with E-state index in [0.29, 0.717) is 6.54 Å². The molecule has 2 N–H and O–H groups in total. The van der Waals surface area contributed by atoms with Crippen LogP contribution in [0.3, 0.4) is 0 Å². The first-order valence-corrected chi connectivity index (χ1v) is 5.59. The summed E-state index contributed by atoms with van der Waals surface area (Å²) in [6, 6.07) is 2.73. The molecule has 1 saturated carbocycles. The SMILES string of the molecule is O=C(NCCC1CCC1)c1ccc(=O)[nH]n1. The fourth-order valence-electron chi connectivity index (χ4n) is 1.73. The quantitative estimate of drug-likeness (QED) is 0.785. The van der Waals surface area contributed by atoms with Crippen LogP contribution in [0.15, 0.2) is 16.9 Å². The van der Waals surface area contributed by atoms with Gasteiger partial charge in [-0.2, -0.15) is 5.10 Å². The summed E-state index contributed by atoms with van der Waals surface area (Å²) in [6.45, 7) is 0.685.